The van der Waals surface area contributed by atoms with E-state index in [-0.39, 0.29) is 18.0 Å². The van der Waals surface area contributed by atoms with Crippen molar-refractivity contribution in [2.45, 2.75) is 31.2 Å². The van der Waals surface area contributed by atoms with Gasteiger partial charge in [-0.3, -0.25) is 4.79 Å². The summed E-state index contributed by atoms with van der Waals surface area (Å²) in [4.78, 5) is 21.2. The van der Waals surface area contributed by atoms with Crippen LogP contribution in [0.4, 0.5) is 5.69 Å². The van der Waals surface area contributed by atoms with E-state index in [1.165, 1.54) is 11.8 Å². The van der Waals surface area contributed by atoms with Gasteiger partial charge in [0.1, 0.15) is 0 Å². The summed E-state index contributed by atoms with van der Waals surface area (Å²) >= 11 is 1.29. The molecule has 0 bridgehead atoms. The second-order valence-corrected chi connectivity index (χ2v) is 7.27. The van der Waals surface area contributed by atoms with Crippen molar-refractivity contribution >= 4 is 29.1 Å². The fourth-order valence-electron chi connectivity index (χ4n) is 2.63. The summed E-state index contributed by atoms with van der Waals surface area (Å²) in [6.07, 6.45) is 0. The molecular formula is C17H17N5O3S. The highest BCUT2D eigenvalue weighted by Gasteiger charge is 2.20. The van der Waals surface area contributed by atoms with Crippen molar-refractivity contribution in [3.63, 3.8) is 0 Å². The third-order valence-electron chi connectivity index (χ3n) is 3.89. The van der Waals surface area contributed by atoms with Gasteiger partial charge in [0.25, 0.3) is 5.78 Å². The summed E-state index contributed by atoms with van der Waals surface area (Å²) < 4.78 is 12.3. The minimum Gasteiger partial charge on any atom is -0.454 e. The largest absolute Gasteiger partial charge is 0.454 e. The quantitative estimate of drug-likeness (QED) is 0.705. The summed E-state index contributed by atoms with van der Waals surface area (Å²) in [6.45, 7) is 5.87. The van der Waals surface area contributed by atoms with Gasteiger partial charge in [0.05, 0.1) is 5.25 Å². The first-order valence-corrected chi connectivity index (χ1v) is 8.96. The van der Waals surface area contributed by atoms with Crippen LogP contribution in [0.1, 0.15) is 18.3 Å². The van der Waals surface area contributed by atoms with Crippen molar-refractivity contribution in [2.24, 2.45) is 0 Å². The lowest BCUT2D eigenvalue weighted by Gasteiger charge is -2.10. The Morgan fingerprint density at radius 3 is 2.88 bits per heavy atom. The summed E-state index contributed by atoms with van der Waals surface area (Å²) in [6, 6.07) is 7.24. The molecule has 1 aromatic carbocycles. The standard InChI is InChI=1S/C17H17N5O3S/c1-9-6-10(2)22-16(18-9)20-17(21-22)26-11(3)15(23)19-12-4-5-13-14(7-12)25-8-24-13/h4-7,11H,8H2,1-3H3,(H,19,23)/t11-/m0/s1. The van der Waals surface area contributed by atoms with Crippen LogP contribution >= 0.6 is 11.8 Å². The van der Waals surface area contributed by atoms with Crippen molar-refractivity contribution in [2.75, 3.05) is 12.1 Å². The van der Waals surface area contributed by atoms with Crippen LogP contribution < -0.4 is 14.8 Å². The lowest BCUT2D eigenvalue weighted by Crippen LogP contribution is -2.22. The Bertz CT molecular complexity index is 1000. The van der Waals surface area contributed by atoms with Gasteiger partial charge >= 0.3 is 0 Å². The summed E-state index contributed by atoms with van der Waals surface area (Å²) in [5.74, 6) is 1.70. The van der Waals surface area contributed by atoms with Gasteiger partial charge in [0.2, 0.25) is 17.9 Å². The molecule has 0 saturated heterocycles. The topological polar surface area (TPSA) is 90.6 Å². The van der Waals surface area contributed by atoms with E-state index >= 15 is 0 Å². The molecule has 0 unspecified atom stereocenters. The second kappa shape index (κ2) is 6.49. The molecule has 4 rings (SSSR count). The zero-order valence-electron chi connectivity index (χ0n) is 14.5. The molecule has 1 N–H and O–H groups in total. The van der Waals surface area contributed by atoms with Crippen LogP contribution in [0, 0.1) is 13.8 Å². The van der Waals surface area contributed by atoms with Gasteiger partial charge in [-0.2, -0.15) is 4.98 Å². The van der Waals surface area contributed by atoms with E-state index in [1.807, 2.05) is 26.8 Å². The smallest absolute Gasteiger partial charge is 0.253 e. The molecule has 0 radical (unpaired) electrons. The normalized spacial score (nSPS) is 13.8. The van der Waals surface area contributed by atoms with E-state index in [9.17, 15) is 4.79 Å². The number of amides is 1. The predicted molar refractivity (Wildman–Crippen MR) is 96.8 cm³/mol. The zero-order chi connectivity index (χ0) is 18.3. The number of benzene rings is 1. The molecule has 9 heteroatoms. The van der Waals surface area contributed by atoms with Crippen molar-refractivity contribution in [3.05, 3.63) is 35.7 Å². The van der Waals surface area contributed by atoms with Gasteiger partial charge in [-0.15, -0.1) is 5.10 Å². The van der Waals surface area contributed by atoms with Crippen molar-refractivity contribution in [1.29, 1.82) is 0 Å². The van der Waals surface area contributed by atoms with Crippen LogP contribution in [0.2, 0.25) is 0 Å². The Hall–Kier alpha value is -2.81. The molecule has 0 saturated carbocycles. The Balaban J connectivity index is 1.46. The minimum absolute atomic E-state index is 0.145. The molecule has 3 aromatic rings. The van der Waals surface area contributed by atoms with E-state index in [4.69, 9.17) is 9.47 Å². The van der Waals surface area contributed by atoms with E-state index < -0.39 is 0 Å². The number of aromatic nitrogens is 4. The molecule has 26 heavy (non-hydrogen) atoms. The van der Waals surface area contributed by atoms with Gasteiger partial charge in [-0.1, -0.05) is 11.8 Å². The second-order valence-electron chi connectivity index (χ2n) is 5.96. The molecule has 0 fully saturated rings. The van der Waals surface area contributed by atoms with E-state index in [1.54, 1.807) is 22.7 Å². The molecule has 1 amide bonds. The number of thioether (sulfide) groups is 1. The highest BCUT2D eigenvalue weighted by molar-refractivity contribution is 8.00. The van der Waals surface area contributed by atoms with Crippen LogP contribution in [-0.4, -0.2) is 37.5 Å². The minimum atomic E-state index is -0.376. The van der Waals surface area contributed by atoms with Crippen molar-refractivity contribution in [1.82, 2.24) is 19.6 Å². The number of carbonyl (C=O) groups is 1. The fraction of sp³-hybridized carbons (Fsp3) is 0.294. The first kappa shape index (κ1) is 16.6. The van der Waals surface area contributed by atoms with Gasteiger partial charge in [0, 0.05) is 23.1 Å². The Kier molecular flexibility index (Phi) is 4.15. The molecule has 1 aliphatic rings. The average molecular weight is 371 g/mol. The number of ether oxygens (including phenoxy) is 2. The van der Waals surface area contributed by atoms with Crippen LogP contribution in [-0.2, 0) is 4.79 Å². The monoisotopic (exact) mass is 371 g/mol. The van der Waals surface area contributed by atoms with Gasteiger partial charge in [0.15, 0.2) is 11.5 Å². The molecule has 0 aliphatic carbocycles. The van der Waals surface area contributed by atoms with E-state index in [0.717, 1.165) is 11.4 Å². The first-order chi connectivity index (χ1) is 12.5. The molecule has 1 aliphatic heterocycles. The lowest BCUT2D eigenvalue weighted by molar-refractivity contribution is -0.115. The molecule has 0 spiro atoms. The van der Waals surface area contributed by atoms with Crippen LogP contribution in [0.15, 0.2) is 29.4 Å². The molecule has 8 nitrogen and oxygen atoms in total. The third kappa shape index (κ3) is 3.17. The summed E-state index contributed by atoms with van der Waals surface area (Å²) in [5.41, 5.74) is 2.49. The van der Waals surface area contributed by atoms with Crippen LogP contribution in [0.5, 0.6) is 11.5 Å². The lowest BCUT2D eigenvalue weighted by atomic mass is 10.2. The highest BCUT2D eigenvalue weighted by atomic mass is 32.2. The maximum atomic E-state index is 12.5. The number of rotatable bonds is 4. The number of aryl methyl sites for hydroxylation is 2. The van der Waals surface area contributed by atoms with E-state index in [2.05, 4.69) is 20.4 Å². The SMILES string of the molecule is Cc1cc(C)n2nc(S[C@@H](C)C(=O)Nc3ccc4c(c3)OCO4)nc2n1. The molecule has 3 heterocycles. The number of nitrogens with zero attached hydrogens (tertiary/aromatic N) is 4. The molecule has 1 atom stereocenters. The summed E-state index contributed by atoms with van der Waals surface area (Å²) in [7, 11) is 0. The van der Waals surface area contributed by atoms with Gasteiger partial charge < -0.3 is 14.8 Å². The van der Waals surface area contributed by atoms with Crippen LogP contribution in [0.3, 0.4) is 0 Å². The third-order valence-corrected chi connectivity index (χ3v) is 4.84. The highest BCUT2D eigenvalue weighted by Crippen LogP contribution is 2.34. The Morgan fingerprint density at radius 1 is 1.23 bits per heavy atom. The predicted octanol–water partition coefficient (Wildman–Crippen LogP) is 2.59. The first-order valence-electron chi connectivity index (χ1n) is 8.08. The Morgan fingerprint density at radius 2 is 2.04 bits per heavy atom. The number of carbonyl (C=O) groups excluding carboxylic acids is 1. The van der Waals surface area contributed by atoms with Gasteiger partial charge in [-0.05, 0) is 39.0 Å². The van der Waals surface area contributed by atoms with Crippen molar-refractivity contribution < 1.29 is 14.3 Å². The molecular weight excluding hydrogens is 354 g/mol. The van der Waals surface area contributed by atoms with E-state index in [0.29, 0.717) is 28.1 Å². The fourth-order valence-corrected chi connectivity index (χ4v) is 3.37. The van der Waals surface area contributed by atoms with Crippen LogP contribution in [0.25, 0.3) is 5.78 Å². The number of nitrogens with one attached hydrogen (secondary N) is 1. The van der Waals surface area contributed by atoms with Crippen molar-refractivity contribution in [3.8, 4) is 11.5 Å². The van der Waals surface area contributed by atoms with Gasteiger partial charge in [-0.25, -0.2) is 9.50 Å². The molecule has 134 valence electrons. The average Bonchev–Trinajstić information content (AvgIpc) is 3.20. The zero-order valence-corrected chi connectivity index (χ0v) is 15.3. The maximum Gasteiger partial charge on any atom is 0.253 e. The number of hydrogen-bond acceptors (Lipinski definition) is 7. The number of anilines is 1. The summed E-state index contributed by atoms with van der Waals surface area (Å²) in [5, 5.41) is 7.43. The Labute approximate surface area is 153 Å². The number of fused-ring (bicyclic) bond motifs is 2. The number of hydrogen-bond donors (Lipinski definition) is 1. The molecule has 2 aromatic heterocycles. The maximum absolute atomic E-state index is 12.5.